The minimum atomic E-state index is -6.07. The first-order valence-corrected chi connectivity index (χ1v) is 6.94. The normalized spacial score (nSPS) is 13.4. The topological polar surface area (TPSA) is 43.4 Å². The van der Waals surface area contributed by atoms with Crippen molar-refractivity contribution < 1.29 is 38.9 Å². The Morgan fingerprint density at radius 3 is 1.91 bits per heavy atom. The van der Waals surface area contributed by atoms with Gasteiger partial charge in [-0.2, -0.15) is 34.8 Å². The number of halogens is 6. The molecular weight excluding hydrogens is 338 g/mol. The van der Waals surface area contributed by atoms with Crippen molar-refractivity contribution in [2.75, 3.05) is 0 Å². The Labute approximate surface area is 120 Å². The molecule has 0 bridgehead atoms. The Balaban J connectivity index is 2.71. The van der Waals surface area contributed by atoms with Crippen molar-refractivity contribution in [3.8, 4) is 5.75 Å². The molecule has 0 saturated carbocycles. The molecule has 0 heterocycles. The van der Waals surface area contributed by atoms with Crippen LogP contribution in [0.3, 0.4) is 0 Å². The van der Waals surface area contributed by atoms with Gasteiger partial charge in [-0.15, -0.1) is 0 Å². The summed E-state index contributed by atoms with van der Waals surface area (Å²) >= 11 is 0. The molecule has 22 heavy (non-hydrogen) atoms. The van der Waals surface area contributed by atoms with Crippen molar-refractivity contribution in [2.45, 2.75) is 11.7 Å². The smallest absolute Gasteiger partial charge is 0.375 e. The second kappa shape index (κ2) is 5.04. The van der Waals surface area contributed by atoms with Crippen LogP contribution in [0.1, 0.15) is 5.56 Å². The van der Waals surface area contributed by atoms with Gasteiger partial charge in [0.1, 0.15) is 0 Å². The van der Waals surface area contributed by atoms with Crippen LogP contribution in [0.15, 0.2) is 36.4 Å². The zero-order valence-corrected chi connectivity index (χ0v) is 11.2. The molecule has 3 nitrogen and oxygen atoms in total. The summed E-state index contributed by atoms with van der Waals surface area (Å²) < 4.78 is 102. The van der Waals surface area contributed by atoms with Crippen molar-refractivity contribution in [3.63, 3.8) is 0 Å². The number of hydrogen-bond donors (Lipinski definition) is 0. The first-order valence-electron chi connectivity index (χ1n) is 5.53. The number of fused-ring (bicyclic) bond motifs is 1. The minimum Gasteiger partial charge on any atom is -0.375 e. The monoisotopic (exact) mass is 344 g/mol. The number of rotatable bonds is 2. The zero-order chi connectivity index (χ0) is 16.8. The Bertz CT molecular complexity index is 802. The summed E-state index contributed by atoms with van der Waals surface area (Å²) in [6.45, 7) is 0. The maximum Gasteiger partial charge on any atom is 0.534 e. The van der Waals surface area contributed by atoms with Gasteiger partial charge in [0.15, 0.2) is 5.75 Å². The van der Waals surface area contributed by atoms with Crippen LogP contribution in [0.4, 0.5) is 26.3 Å². The fourth-order valence-electron chi connectivity index (χ4n) is 1.78. The van der Waals surface area contributed by atoms with Crippen molar-refractivity contribution in [3.05, 3.63) is 42.0 Å². The summed E-state index contributed by atoms with van der Waals surface area (Å²) in [5.74, 6) is -1.04. The number of benzene rings is 2. The second-order valence-corrected chi connectivity index (χ2v) is 5.68. The van der Waals surface area contributed by atoms with Gasteiger partial charge in [0.25, 0.3) is 0 Å². The van der Waals surface area contributed by atoms with E-state index in [4.69, 9.17) is 0 Å². The fraction of sp³-hybridized carbons (Fsp3) is 0.167. The van der Waals surface area contributed by atoms with E-state index in [1.54, 1.807) is 0 Å². The highest BCUT2D eigenvalue weighted by Crippen LogP contribution is 2.40. The van der Waals surface area contributed by atoms with Crippen LogP contribution >= 0.6 is 0 Å². The lowest BCUT2D eigenvalue weighted by Crippen LogP contribution is -2.28. The SMILES string of the molecule is O=S(=O)(Oc1cccc2cccc(C(F)(F)F)c12)C(F)(F)F. The third-order valence-corrected chi connectivity index (χ3v) is 3.62. The molecule has 10 heteroatoms. The lowest BCUT2D eigenvalue weighted by molar-refractivity contribution is -0.136. The summed E-state index contributed by atoms with van der Waals surface area (Å²) in [4.78, 5) is 0. The van der Waals surface area contributed by atoms with Crippen LogP contribution in [0.25, 0.3) is 10.8 Å². The quantitative estimate of drug-likeness (QED) is 0.468. The lowest BCUT2D eigenvalue weighted by Gasteiger charge is -2.15. The average Bonchev–Trinajstić information content (AvgIpc) is 2.35. The van der Waals surface area contributed by atoms with E-state index >= 15 is 0 Å². The third kappa shape index (κ3) is 2.96. The summed E-state index contributed by atoms with van der Waals surface area (Å²) in [5.41, 5.74) is -7.04. The van der Waals surface area contributed by atoms with Gasteiger partial charge in [-0.3, -0.25) is 0 Å². The zero-order valence-electron chi connectivity index (χ0n) is 10.4. The van der Waals surface area contributed by atoms with Crippen molar-refractivity contribution in [1.29, 1.82) is 0 Å². The van der Waals surface area contributed by atoms with Gasteiger partial charge >= 0.3 is 21.8 Å². The summed E-state index contributed by atoms with van der Waals surface area (Å²) in [6, 6.07) is 5.86. The largest absolute Gasteiger partial charge is 0.534 e. The molecule has 0 atom stereocenters. The van der Waals surface area contributed by atoms with Crippen LogP contribution in [-0.2, 0) is 16.3 Å². The van der Waals surface area contributed by atoms with Gasteiger partial charge in [-0.1, -0.05) is 24.3 Å². The van der Waals surface area contributed by atoms with E-state index in [-0.39, 0.29) is 5.39 Å². The Morgan fingerprint density at radius 1 is 0.864 bits per heavy atom. The van der Waals surface area contributed by atoms with Crippen LogP contribution in [0.2, 0.25) is 0 Å². The molecule has 120 valence electrons. The average molecular weight is 344 g/mol. The van der Waals surface area contributed by atoms with E-state index in [9.17, 15) is 34.8 Å². The highest BCUT2D eigenvalue weighted by Gasteiger charge is 2.49. The van der Waals surface area contributed by atoms with Crippen LogP contribution in [0.5, 0.6) is 5.75 Å². The second-order valence-electron chi connectivity index (χ2n) is 4.14. The Hall–Kier alpha value is -1.97. The Morgan fingerprint density at radius 2 is 1.41 bits per heavy atom. The van der Waals surface area contributed by atoms with Gasteiger partial charge < -0.3 is 4.18 Å². The molecular formula is C12H6F6O3S. The standard InChI is InChI=1S/C12H6F6O3S/c13-11(14,15)8-5-1-3-7-4-2-6-9(10(7)8)21-22(19,20)12(16,17)18/h1-6H. The van der Waals surface area contributed by atoms with E-state index in [1.807, 2.05) is 0 Å². The summed E-state index contributed by atoms with van der Waals surface area (Å²) in [6.07, 6.45) is -4.89. The third-order valence-electron chi connectivity index (χ3n) is 2.65. The number of hydrogen-bond acceptors (Lipinski definition) is 3. The van der Waals surface area contributed by atoms with Gasteiger partial charge in [0.2, 0.25) is 0 Å². The van der Waals surface area contributed by atoms with Gasteiger partial charge in [-0.05, 0) is 17.5 Å². The minimum absolute atomic E-state index is 0.107. The highest BCUT2D eigenvalue weighted by molar-refractivity contribution is 7.88. The van der Waals surface area contributed by atoms with Crippen LogP contribution in [0, 0.1) is 0 Å². The number of alkyl halides is 6. The van der Waals surface area contributed by atoms with Crippen molar-refractivity contribution in [1.82, 2.24) is 0 Å². The summed E-state index contributed by atoms with van der Waals surface area (Å²) in [5, 5.41) is -0.866. The molecule has 0 aromatic heterocycles. The molecule has 0 aliphatic rings. The molecule has 0 spiro atoms. The maximum absolute atomic E-state index is 12.9. The molecule has 0 unspecified atom stereocenters. The summed E-state index contributed by atoms with van der Waals surface area (Å²) in [7, 11) is -6.07. The molecule has 0 amide bonds. The molecule has 2 aromatic rings. The molecule has 2 rings (SSSR count). The Kier molecular flexibility index (Phi) is 3.76. The molecule has 0 saturated heterocycles. The van der Waals surface area contributed by atoms with E-state index in [0.717, 1.165) is 18.2 Å². The van der Waals surface area contributed by atoms with Gasteiger partial charge in [0, 0.05) is 5.39 Å². The molecule has 0 fully saturated rings. The van der Waals surface area contributed by atoms with Gasteiger partial charge in [-0.25, -0.2) is 0 Å². The van der Waals surface area contributed by atoms with E-state index in [1.165, 1.54) is 12.1 Å². The predicted molar refractivity (Wildman–Crippen MR) is 64.6 cm³/mol. The molecule has 0 N–H and O–H groups in total. The van der Waals surface area contributed by atoms with Gasteiger partial charge in [0.05, 0.1) is 5.56 Å². The lowest BCUT2D eigenvalue weighted by atomic mass is 10.0. The molecule has 0 aliphatic carbocycles. The predicted octanol–water partition coefficient (Wildman–Crippen LogP) is 4.09. The van der Waals surface area contributed by atoms with E-state index in [2.05, 4.69) is 4.18 Å². The molecule has 0 aliphatic heterocycles. The fourth-order valence-corrected chi connectivity index (χ4v) is 2.25. The van der Waals surface area contributed by atoms with Crippen LogP contribution < -0.4 is 4.18 Å². The van der Waals surface area contributed by atoms with Crippen LogP contribution in [-0.4, -0.2) is 13.9 Å². The van der Waals surface area contributed by atoms with Crippen molar-refractivity contribution in [2.24, 2.45) is 0 Å². The maximum atomic E-state index is 12.9. The van der Waals surface area contributed by atoms with Crippen molar-refractivity contribution >= 4 is 20.9 Å². The first-order chi connectivity index (χ1) is 9.93. The van der Waals surface area contributed by atoms with E-state index in [0.29, 0.717) is 6.07 Å². The molecule has 0 radical (unpaired) electrons. The van der Waals surface area contributed by atoms with E-state index < -0.39 is 38.5 Å². The molecule has 2 aromatic carbocycles. The first kappa shape index (κ1) is 16.4. The highest BCUT2D eigenvalue weighted by atomic mass is 32.2.